The molecule has 0 aromatic heterocycles. The second kappa shape index (κ2) is 5.04. The van der Waals surface area contributed by atoms with Crippen LogP contribution in [0.5, 0.6) is 0 Å². The molecule has 0 unspecified atom stereocenters. The predicted molar refractivity (Wildman–Crippen MR) is 61.3 cm³/mol. The van der Waals surface area contributed by atoms with Gasteiger partial charge in [0.2, 0.25) is 0 Å². The van der Waals surface area contributed by atoms with Crippen molar-refractivity contribution in [3.8, 4) is 0 Å². The Morgan fingerprint density at radius 2 is 2.31 bits per heavy atom. The summed E-state index contributed by atoms with van der Waals surface area (Å²) in [6, 6.07) is 7.54. The van der Waals surface area contributed by atoms with Gasteiger partial charge >= 0.3 is 0 Å². The molecule has 0 atom stereocenters. The molecule has 70 valence electrons. The lowest BCUT2D eigenvalue weighted by atomic mass is 10.3. The quantitative estimate of drug-likeness (QED) is 0.757. The molecule has 0 radical (unpaired) electrons. The van der Waals surface area contributed by atoms with Gasteiger partial charge in [-0.05, 0) is 18.2 Å². The fourth-order valence-electron chi connectivity index (χ4n) is 0.928. The second-order valence-corrected chi connectivity index (χ2v) is 3.61. The van der Waals surface area contributed by atoms with E-state index in [9.17, 15) is 0 Å². The second-order valence-electron chi connectivity index (χ2n) is 2.65. The van der Waals surface area contributed by atoms with Gasteiger partial charge in [-0.2, -0.15) is 0 Å². The highest BCUT2D eigenvalue weighted by molar-refractivity contribution is 7.80. The van der Waals surface area contributed by atoms with Gasteiger partial charge in [0.25, 0.3) is 0 Å². The Labute approximate surface area is 88.1 Å². The van der Waals surface area contributed by atoms with Crippen molar-refractivity contribution in [1.29, 1.82) is 0 Å². The molecule has 1 rings (SSSR count). The number of hydrogen-bond acceptors (Lipinski definition) is 2. The first kappa shape index (κ1) is 10.3. The number of benzene rings is 1. The number of thiocarbonyl (C=S) groups is 1. The van der Waals surface area contributed by atoms with E-state index in [0.717, 1.165) is 17.3 Å². The summed E-state index contributed by atoms with van der Waals surface area (Å²) in [6.45, 7) is 0.746. The van der Waals surface area contributed by atoms with Crippen LogP contribution in [0.15, 0.2) is 24.3 Å². The Morgan fingerprint density at radius 1 is 1.54 bits per heavy atom. The molecule has 4 heteroatoms. The highest BCUT2D eigenvalue weighted by Crippen LogP contribution is 2.14. The van der Waals surface area contributed by atoms with E-state index >= 15 is 0 Å². The molecule has 0 bridgehead atoms. The number of nitrogens with one attached hydrogen (secondary N) is 1. The molecular formula is C9H11ClN2S. The lowest BCUT2D eigenvalue weighted by Crippen LogP contribution is -2.13. The maximum atomic E-state index is 5.80. The molecule has 1 aromatic rings. The van der Waals surface area contributed by atoms with Crippen LogP contribution < -0.4 is 11.1 Å². The molecule has 0 amide bonds. The highest BCUT2D eigenvalue weighted by atomic mass is 35.5. The summed E-state index contributed by atoms with van der Waals surface area (Å²) in [5.41, 5.74) is 6.34. The van der Waals surface area contributed by atoms with Crippen LogP contribution in [0.25, 0.3) is 0 Å². The number of rotatable bonds is 4. The van der Waals surface area contributed by atoms with Crippen LogP contribution in [0, 0.1) is 0 Å². The average Bonchev–Trinajstić information content (AvgIpc) is 2.03. The third-order valence-electron chi connectivity index (χ3n) is 1.53. The smallest absolute Gasteiger partial charge is 0.0745 e. The number of halogens is 1. The van der Waals surface area contributed by atoms with E-state index in [2.05, 4.69) is 5.32 Å². The van der Waals surface area contributed by atoms with Crippen LogP contribution in [0.4, 0.5) is 5.69 Å². The van der Waals surface area contributed by atoms with Crippen LogP contribution in [-0.4, -0.2) is 11.5 Å². The fourth-order valence-corrected chi connectivity index (χ4v) is 1.22. The van der Waals surface area contributed by atoms with Crippen molar-refractivity contribution in [3.05, 3.63) is 29.3 Å². The molecule has 0 saturated heterocycles. The van der Waals surface area contributed by atoms with Crippen molar-refractivity contribution in [2.24, 2.45) is 5.73 Å². The van der Waals surface area contributed by atoms with Crippen LogP contribution in [0.3, 0.4) is 0 Å². The van der Waals surface area contributed by atoms with E-state index in [0.29, 0.717) is 11.4 Å². The zero-order valence-electron chi connectivity index (χ0n) is 7.09. The third kappa shape index (κ3) is 4.10. The van der Waals surface area contributed by atoms with Gasteiger partial charge in [0.05, 0.1) is 4.99 Å². The minimum atomic E-state index is 0.523. The van der Waals surface area contributed by atoms with Gasteiger partial charge in [-0.1, -0.05) is 29.9 Å². The number of nitrogens with two attached hydrogens (primary N) is 1. The standard InChI is InChI=1S/C9H11ClN2S/c10-7-2-1-3-8(6-7)12-5-4-9(11)13/h1-3,6,12H,4-5H2,(H2,11,13). The van der Waals surface area contributed by atoms with Crippen molar-refractivity contribution >= 4 is 34.5 Å². The molecule has 0 fully saturated rings. The Balaban J connectivity index is 2.41. The Morgan fingerprint density at radius 3 is 2.92 bits per heavy atom. The van der Waals surface area contributed by atoms with Gasteiger partial charge in [-0.25, -0.2) is 0 Å². The van der Waals surface area contributed by atoms with Gasteiger partial charge in [0, 0.05) is 23.7 Å². The van der Waals surface area contributed by atoms with Crippen molar-refractivity contribution in [1.82, 2.24) is 0 Å². The first-order chi connectivity index (χ1) is 6.18. The van der Waals surface area contributed by atoms with Crippen LogP contribution in [-0.2, 0) is 0 Å². The summed E-state index contributed by atoms with van der Waals surface area (Å²) in [7, 11) is 0. The third-order valence-corrected chi connectivity index (χ3v) is 1.96. The summed E-state index contributed by atoms with van der Waals surface area (Å²) in [4.78, 5) is 0.523. The van der Waals surface area contributed by atoms with Crippen molar-refractivity contribution in [2.45, 2.75) is 6.42 Å². The summed E-state index contributed by atoms with van der Waals surface area (Å²) < 4.78 is 0. The summed E-state index contributed by atoms with van der Waals surface area (Å²) >= 11 is 10.5. The first-order valence-electron chi connectivity index (χ1n) is 3.96. The molecule has 0 saturated carbocycles. The monoisotopic (exact) mass is 214 g/mol. The summed E-state index contributed by atoms with van der Waals surface area (Å²) in [5, 5.41) is 3.89. The molecule has 13 heavy (non-hydrogen) atoms. The van der Waals surface area contributed by atoms with Crippen LogP contribution >= 0.6 is 23.8 Å². The topological polar surface area (TPSA) is 38.0 Å². The molecule has 3 N–H and O–H groups in total. The van der Waals surface area contributed by atoms with E-state index in [1.807, 2.05) is 24.3 Å². The summed E-state index contributed by atoms with van der Waals surface area (Å²) in [5.74, 6) is 0. The van der Waals surface area contributed by atoms with Gasteiger partial charge in [-0.3, -0.25) is 0 Å². The number of hydrogen-bond donors (Lipinski definition) is 2. The number of anilines is 1. The van der Waals surface area contributed by atoms with E-state index in [1.54, 1.807) is 0 Å². The molecular weight excluding hydrogens is 204 g/mol. The van der Waals surface area contributed by atoms with Gasteiger partial charge in [-0.15, -0.1) is 0 Å². The van der Waals surface area contributed by atoms with E-state index < -0.39 is 0 Å². The maximum Gasteiger partial charge on any atom is 0.0745 e. The zero-order chi connectivity index (χ0) is 9.68. The van der Waals surface area contributed by atoms with Crippen molar-refractivity contribution in [3.63, 3.8) is 0 Å². The fraction of sp³-hybridized carbons (Fsp3) is 0.222. The Kier molecular flexibility index (Phi) is 3.99. The van der Waals surface area contributed by atoms with Crippen molar-refractivity contribution < 1.29 is 0 Å². The van der Waals surface area contributed by atoms with Crippen LogP contribution in [0.2, 0.25) is 5.02 Å². The molecule has 0 aliphatic rings. The Bertz CT molecular complexity index is 301. The SMILES string of the molecule is NC(=S)CCNc1cccc(Cl)c1. The zero-order valence-corrected chi connectivity index (χ0v) is 8.66. The lowest BCUT2D eigenvalue weighted by Gasteiger charge is -2.05. The van der Waals surface area contributed by atoms with Gasteiger partial charge in [0.1, 0.15) is 0 Å². The predicted octanol–water partition coefficient (Wildman–Crippen LogP) is 2.43. The van der Waals surface area contributed by atoms with Gasteiger partial charge in [0.15, 0.2) is 0 Å². The normalized spacial score (nSPS) is 9.62. The minimum Gasteiger partial charge on any atom is -0.393 e. The average molecular weight is 215 g/mol. The molecule has 0 spiro atoms. The van der Waals surface area contributed by atoms with E-state index in [1.165, 1.54) is 0 Å². The molecule has 1 aromatic carbocycles. The minimum absolute atomic E-state index is 0.523. The van der Waals surface area contributed by atoms with Crippen molar-refractivity contribution in [2.75, 3.05) is 11.9 Å². The Hall–Kier alpha value is -0.800. The largest absolute Gasteiger partial charge is 0.393 e. The van der Waals surface area contributed by atoms with Crippen LogP contribution in [0.1, 0.15) is 6.42 Å². The van der Waals surface area contributed by atoms with E-state index in [4.69, 9.17) is 29.6 Å². The molecule has 0 aliphatic heterocycles. The maximum absolute atomic E-state index is 5.80. The van der Waals surface area contributed by atoms with E-state index in [-0.39, 0.29) is 0 Å². The molecule has 0 heterocycles. The molecule has 2 nitrogen and oxygen atoms in total. The molecule has 0 aliphatic carbocycles. The first-order valence-corrected chi connectivity index (χ1v) is 4.75. The summed E-state index contributed by atoms with van der Waals surface area (Å²) in [6.07, 6.45) is 0.696. The highest BCUT2D eigenvalue weighted by Gasteiger charge is 1.93. The van der Waals surface area contributed by atoms with Gasteiger partial charge < -0.3 is 11.1 Å². The lowest BCUT2D eigenvalue weighted by molar-refractivity contribution is 1.11.